The average Bonchev–Trinajstić information content (AvgIpc) is 2.61. The minimum Gasteiger partial charge on any atom is -0.493 e. The monoisotopic (exact) mass is 341 g/mol. The van der Waals surface area contributed by atoms with Gasteiger partial charge in [0.05, 0.1) is 13.2 Å². The van der Waals surface area contributed by atoms with E-state index >= 15 is 0 Å². The molecule has 0 radical (unpaired) electrons. The Bertz CT molecular complexity index is 670. The molecule has 0 bridgehead atoms. The Labute approximate surface area is 150 Å². The quantitative estimate of drug-likeness (QED) is 0.651. The third-order valence-electron chi connectivity index (χ3n) is 3.73. The third kappa shape index (κ3) is 6.61. The molecular weight excluding hydrogens is 314 g/mol. The Hall–Kier alpha value is -2.30. The van der Waals surface area contributed by atoms with Crippen LogP contribution in [0.3, 0.4) is 0 Å². The van der Waals surface area contributed by atoms with Crippen molar-refractivity contribution in [3.05, 3.63) is 71.8 Å². The standard InChI is InChI=1S/C21H27NO3/c1-16(2)15-25-21-12-18(9-10-20(21)24-3)13-22-14-19(23)11-17-7-5-4-6-8-17/h4-10,12,19,22-23H,1,11,13-15H2,2-3H3. The zero-order chi connectivity index (χ0) is 18.1. The molecule has 0 amide bonds. The maximum Gasteiger partial charge on any atom is 0.161 e. The van der Waals surface area contributed by atoms with Crippen LogP contribution < -0.4 is 14.8 Å². The van der Waals surface area contributed by atoms with E-state index in [0.29, 0.717) is 37.6 Å². The van der Waals surface area contributed by atoms with E-state index in [1.807, 2.05) is 55.5 Å². The fourth-order valence-corrected chi connectivity index (χ4v) is 2.49. The molecule has 2 N–H and O–H groups in total. The number of rotatable bonds is 10. The number of hydrogen-bond acceptors (Lipinski definition) is 4. The van der Waals surface area contributed by atoms with Gasteiger partial charge in [0.25, 0.3) is 0 Å². The highest BCUT2D eigenvalue weighted by Gasteiger charge is 2.08. The highest BCUT2D eigenvalue weighted by Crippen LogP contribution is 2.28. The van der Waals surface area contributed by atoms with Crippen LogP contribution in [0.15, 0.2) is 60.7 Å². The molecule has 0 fully saturated rings. The molecule has 0 saturated heterocycles. The number of aliphatic hydroxyl groups is 1. The van der Waals surface area contributed by atoms with Crippen LogP contribution in [0.5, 0.6) is 11.5 Å². The van der Waals surface area contributed by atoms with E-state index in [9.17, 15) is 5.11 Å². The average molecular weight is 341 g/mol. The lowest BCUT2D eigenvalue weighted by Gasteiger charge is -2.14. The van der Waals surface area contributed by atoms with E-state index in [-0.39, 0.29) is 0 Å². The van der Waals surface area contributed by atoms with E-state index in [1.165, 1.54) is 0 Å². The molecule has 0 saturated carbocycles. The van der Waals surface area contributed by atoms with Crippen molar-refractivity contribution in [3.63, 3.8) is 0 Å². The number of ether oxygens (including phenoxy) is 2. The summed E-state index contributed by atoms with van der Waals surface area (Å²) in [4.78, 5) is 0. The van der Waals surface area contributed by atoms with Gasteiger partial charge in [-0.1, -0.05) is 43.0 Å². The molecule has 0 aromatic heterocycles. The van der Waals surface area contributed by atoms with Gasteiger partial charge >= 0.3 is 0 Å². The van der Waals surface area contributed by atoms with Gasteiger partial charge in [0, 0.05) is 13.1 Å². The Morgan fingerprint density at radius 1 is 1.12 bits per heavy atom. The summed E-state index contributed by atoms with van der Waals surface area (Å²) >= 11 is 0. The van der Waals surface area contributed by atoms with E-state index in [4.69, 9.17) is 9.47 Å². The topological polar surface area (TPSA) is 50.7 Å². The first-order valence-electron chi connectivity index (χ1n) is 8.45. The van der Waals surface area contributed by atoms with Crippen molar-refractivity contribution in [3.8, 4) is 11.5 Å². The van der Waals surface area contributed by atoms with Gasteiger partial charge in [-0.25, -0.2) is 0 Å². The van der Waals surface area contributed by atoms with Gasteiger partial charge in [-0.3, -0.25) is 0 Å². The van der Waals surface area contributed by atoms with E-state index in [0.717, 1.165) is 16.7 Å². The first-order chi connectivity index (χ1) is 12.1. The molecule has 2 rings (SSSR count). The maximum absolute atomic E-state index is 10.1. The zero-order valence-corrected chi connectivity index (χ0v) is 15.0. The van der Waals surface area contributed by atoms with Crippen LogP contribution in [-0.2, 0) is 13.0 Å². The largest absolute Gasteiger partial charge is 0.493 e. The summed E-state index contributed by atoms with van der Waals surface area (Å²) in [6.07, 6.45) is 0.225. The van der Waals surface area contributed by atoms with Crippen LogP contribution in [0.1, 0.15) is 18.1 Å². The summed E-state index contributed by atoms with van der Waals surface area (Å²) in [5.41, 5.74) is 3.16. The summed E-state index contributed by atoms with van der Waals surface area (Å²) < 4.78 is 11.1. The molecule has 2 aromatic rings. The van der Waals surface area contributed by atoms with Crippen molar-refractivity contribution in [2.24, 2.45) is 0 Å². The second-order valence-corrected chi connectivity index (χ2v) is 6.21. The van der Waals surface area contributed by atoms with E-state index in [1.54, 1.807) is 7.11 Å². The lowest BCUT2D eigenvalue weighted by molar-refractivity contribution is 0.171. The van der Waals surface area contributed by atoms with E-state index < -0.39 is 6.10 Å². The number of benzene rings is 2. The smallest absolute Gasteiger partial charge is 0.161 e. The number of aliphatic hydroxyl groups excluding tert-OH is 1. The van der Waals surface area contributed by atoms with Crippen molar-refractivity contribution < 1.29 is 14.6 Å². The summed E-state index contributed by atoms with van der Waals surface area (Å²) in [6, 6.07) is 15.8. The van der Waals surface area contributed by atoms with Crippen molar-refractivity contribution in [2.45, 2.75) is 26.0 Å². The molecular formula is C21H27NO3. The minimum atomic E-state index is -0.417. The normalized spacial score (nSPS) is 11.8. The molecule has 1 atom stereocenters. The third-order valence-corrected chi connectivity index (χ3v) is 3.73. The van der Waals surface area contributed by atoms with Crippen molar-refractivity contribution >= 4 is 0 Å². The van der Waals surface area contributed by atoms with Gasteiger partial charge in [-0.05, 0) is 42.2 Å². The van der Waals surface area contributed by atoms with Crippen molar-refractivity contribution in [1.29, 1.82) is 0 Å². The van der Waals surface area contributed by atoms with Crippen molar-refractivity contribution in [1.82, 2.24) is 5.32 Å². The molecule has 2 aromatic carbocycles. The molecule has 25 heavy (non-hydrogen) atoms. The van der Waals surface area contributed by atoms with Crippen LogP contribution in [0, 0.1) is 0 Å². The van der Waals surface area contributed by atoms with E-state index in [2.05, 4.69) is 11.9 Å². The SMILES string of the molecule is C=C(C)COc1cc(CNCC(O)Cc2ccccc2)ccc1OC. The Morgan fingerprint density at radius 2 is 1.88 bits per heavy atom. The van der Waals surface area contributed by atoms with Gasteiger partial charge in [-0.2, -0.15) is 0 Å². The highest BCUT2D eigenvalue weighted by molar-refractivity contribution is 5.43. The second-order valence-electron chi connectivity index (χ2n) is 6.21. The van der Waals surface area contributed by atoms with Crippen LogP contribution >= 0.6 is 0 Å². The highest BCUT2D eigenvalue weighted by atomic mass is 16.5. The number of methoxy groups -OCH3 is 1. The predicted molar refractivity (Wildman–Crippen MR) is 101 cm³/mol. The lowest BCUT2D eigenvalue weighted by Crippen LogP contribution is -2.28. The fraction of sp³-hybridized carbons (Fsp3) is 0.333. The molecule has 0 aliphatic carbocycles. The maximum atomic E-state index is 10.1. The molecule has 1 unspecified atom stereocenters. The van der Waals surface area contributed by atoms with Crippen LogP contribution in [0.4, 0.5) is 0 Å². The van der Waals surface area contributed by atoms with Crippen molar-refractivity contribution in [2.75, 3.05) is 20.3 Å². The Balaban J connectivity index is 1.85. The number of hydrogen-bond donors (Lipinski definition) is 2. The number of nitrogens with one attached hydrogen (secondary N) is 1. The summed E-state index contributed by atoms with van der Waals surface area (Å²) in [7, 11) is 1.63. The first kappa shape index (κ1) is 19.0. The van der Waals surface area contributed by atoms with Crippen LogP contribution in [0.2, 0.25) is 0 Å². The van der Waals surface area contributed by atoms with Gasteiger partial charge in [-0.15, -0.1) is 0 Å². The summed E-state index contributed by atoms with van der Waals surface area (Å²) in [6.45, 7) is 7.41. The summed E-state index contributed by atoms with van der Waals surface area (Å²) in [5, 5.41) is 13.4. The molecule has 0 heterocycles. The molecule has 4 heteroatoms. The van der Waals surface area contributed by atoms with Gasteiger partial charge in [0.2, 0.25) is 0 Å². The van der Waals surface area contributed by atoms with Gasteiger partial charge in [0.15, 0.2) is 11.5 Å². The molecule has 4 nitrogen and oxygen atoms in total. The lowest BCUT2D eigenvalue weighted by atomic mass is 10.1. The molecule has 0 aliphatic heterocycles. The molecule has 134 valence electrons. The molecule has 0 aliphatic rings. The zero-order valence-electron chi connectivity index (χ0n) is 15.0. The Morgan fingerprint density at radius 3 is 2.56 bits per heavy atom. The summed E-state index contributed by atoms with van der Waals surface area (Å²) in [5.74, 6) is 1.41. The minimum absolute atomic E-state index is 0.417. The van der Waals surface area contributed by atoms with Gasteiger partial charge < -0.3 is 19.9 Å². The predicted octanol–water partition coefficient (Wildman–Crippen LogP) is 3.34. The van der Waals surface area contributed by atoms with Crippen LogP contribution in [0.25, 0.3) is 0 Å². The molecule has 0 spiro atoms. The van der Waals surface area contributed by atoms with Gasteiger partial charge in [0.1, 0.15) is 6.61 Å². The fourth-order valence-electron chi connectivity index (χ4n) is 2.49. The Kier molecular flexibility index (Phi) is 7.51. The second kappa shape index (κ2) is 9.87. The first-order valence-corrected chi connectivity index (χ1v) is 8.45. The van der Waals surface area contributed by atoms with Crippen LogP contribution in [-0.4, -0.2) is 31.5 Å².